The lowest BCUT2D eigenvalue weighted by atomic mass is 10.2. The number of rotatable bonds is 5. The minimum Gasteiger partial charge on any atom is -0.484 e. The van der Waals surface area contributed by atoms with Gasteiger partial charge in [0.1, 0.15) is 5.75 Å². The Kier molecular flexibility index (Phi) is 5.44. The van der Waals surface area contributed by atoms with Crippen LogP contribution in [-0.4, -0.2) is 12.5 Å². The molecule has 4 nitrogen and oxygen atoms in total. The molecule has 2 rings (SSSR count). The van der Waals surface area contributed by atoms with E-state index in [1.165, 1.54) is 0 Å². The van der Waals surface area contributed by atoms with E-state index >= 15 is 0 Å². The van der Waals surface area contributed by atoms with E-state index in [9.17, 15) is 4.79 Å². The first kappa shape index (κ1) is 15.6. The summed E-state index contributed by atoms with van der Waals surface area (Å²) in [5.74, 6) is 0.266. The Labute approximate surface area is 132 Å². The largest absolute Gasteiger partial charge is 0.484 e. The van der Waals surface area contributed by atoms with Crippen molar-refractivity contribution in [2.24, 2.45) is 5.73 Å². The molecule has 0 aliphatic heterocycles. The molecule has 0 spiro atoms. The molecule has 1 amide bonds. The first-order valence-corrected chi connectivity index (χ1v) is 7.01. The van der Waals surface area contributed by atoms with Gasteiger partial charge in [-0.05, 0) is 35.9 Å². The molecule has 0 saturated carbocycles. The lowest BCUT2D eigenvalue weighted by Crippen LogP contribution is -2.20. The standard InChI is InChI=1S/C15H14Cl2N2O2/c16-11-4-5-13(17)14(7-11)19-15(20)9-21-12-3-1-2-10(6-12)8-18/h1-7H,8-9,18H2,(H,19,20). The van der Waals surface area contributed by atoms with Crippen molar-refractivity contribution in [3.05, 3.63) is 58.1 Å². The normalized spacial score (nSPS) is 10.2. The zero-order valence-corrected chi connectivity index (χ0v) is 12.6. The van der Waals surface area contributed by atoms with Crippen LogP contribution in [0.3, 0.4) is 0 Å². The molecule has 2 aromatic rings. The maximum atomic E-state index is 11.8. The van der Waals surface area contributed by atoms with Gasteiger partial charge in [0, 0.05) is 11.6 Å². The zero-order chi connectivity index (χ0) is 15.2. The number of ether oxygens (including phenoxy) is 1. The molecule has 0 aromatic heterocycles. The number of hydrogen-bond acceptors (Lipinski definition) is 3. The quantitative estimate of drug-likeness (QED) is 0.885. The Morgan fingerprint density at radius 1 is 1.19 bits per heavy atom. The third-order valence-corrected chi connectivity index (χ3v) is 3.27. The Morgan fingerprint density at radius 3 is 2.76 bits per heavy atom. The van der Waals surface area contributed by atoms with Crippen LogP contribution >= 0.6 is 23.2 Å². The monoisotopic (exact) mass is 324 g/mol. The highest BCUT2D eigenvalue weighted by Crippen LogP contribution is 2.25. The van der Waals surface area contributed by atoms with Crippen LogP contribution in [0, 0.1) is 0 Å². The van der Waals surface area contributed by atoms with Gasteiger partial charge in [0.25, 0.3) is 5.91 Å². The van der Waals surface area contributed by atoms with Crippen molar-refractivity contribution < 1.29 is 9.53 Å². The summed E-state index contributed by atoms with van der Waals surface area (Å²) in [4.78, 5) is 11.8. The second kappa shape index (κ2) is 7.31. The molecular weight excluding hydrogens is 311 g/mol. The first-order valence-electron chi connectivity index (χ1n) is 6.25. The third kappa shape index (κ3) is 4.63. The Balaban J connectivity index is 1.94. The van der Waals surface area contributed by atoms with Gasteiger partial charge in [0.15, 0.2) is 6.61 Å². The van der Waals surface area contributed by atoms with Gasteiger partial charge in [0.2, 0.25) is 0 Å². The number of hydrogen-bond donors (Lipinski definition) is 2. The third-order valence-electron chi connectivity index (χ3n) is 2.71. The van der Waals surface area contributed by atoms with Crippen LogP contribution in [-0.2, 0) is 11.3 Å². The molecule has 0 radical (unpaired) electrons. The number of carbonyl (C=O) groups is 1. The van der Waals surface area contributed by atoms with Gasteiger partial charge in [0.05, 0.1) is 10.7 Å². The average molecular weight is 325 g/mol. The van der Waals surface area contributed by atoms with Crippen molar-refractivity contribution in [3.63, 3.8) is 0 Å². The van der Waals surface area contributed by atoms with Gasteiger partial charge in [-0.15, -0.1) is 0 Å². The molecule has 0 unspecified atom stereocenters. The van der Waals surface area contributed by atoms with E-state index in [1.807, 2.05) is 12.1 Å². The summed E-state index contributed by atoms with van der Waals surface area (Å²) in [5.41, 5.74) is 6.93. The van der Waals surface area contributed by atoms with Crippen LogP contribution in [0.1, 0.15) is 5.56 Å². The molecule has 0 aliphatic rings. The van der Waals surface area contributed by atoms with E-state index in [0.29, 0.717) is 28.0 Å². The fourth-order valence-corrected chi connectivity index (χ4v) is 2.03. The molecule has 21 heavy (non-hydrogen) atoms. The van der Waals surface area contributed by atoms with E-state index < -0.39 is 0 Å². The lowest BCUT2D eigenvalue weighted by Gasteiger charge is -2.09. The van der Waals surface area contributed by atoms with Gasteiger partial charge in [-0.1, -0.05) is 35.3 Å². The van der Waals surface area contributed by atoms with E-state index in [4.69, 9.17) is 33.7 Å². The van der Waals surface area contributed by atoms with Crippen LogP contribution < -0.4 is 15.8 Å². The minimum absolute atomic E-state index is 0.128. The molecule has 0 heterocycles. The van der Waals surface area contributed by atoms with E-state index in [-0.39, 0.29) is 12.5 Å². The van der Waals surface area contributed by atoms with Crippen molar-refractivity contribution in [2.45, 2.75) is 6.54 Å². The number of nitrogens with one attached hydrogen (secondary N) is 1. The number of halogens is 2. The number of carbonyl (C=O) groups excluding carboxylic acids is 1. The highest BCUT2D eigenvalue weighted by Gasteiger charge is 2.07. The summed E-state index contributed by atoms with van der Waals surface area (Å²) in [6.45, 7) is 0.290. The van der Waals surface area contributed by atoms with Crippen LogP contribution in [0.2, 0.25) is 10.0 Å². The minimum atomic E-state index is -0.322. The average Bonchev–Trinajstić information content (AvgIpc) is 2.49. The molecule has 0 fully saturated rings. The SMILES string of the molecule is NCc1cccc(OCC(=O)Nc2cc(Cl)ccc2Cl)c1. The van der Waals surface area contributed by atoms with Gasteiger partial charge in [-0.25, -0.2) is 0 Å². The highest BCUT2D eigenvalue weighted by molar-refractivity contribution is 6.35. The van der Waals surface area contributed by atoms with Crippen LogP contribution in [0.5, 0.6) is 5.75 Å². The van der Waals surface area contributed by atoms with Crippen molar-refractivity contribution in [1.29, 1.82) is 0 Å². The summed E-state index contributed by atoms with van der Waals surface area (Å²) < 4.78 is 5.41. The van der Waals surface area contributed by atoms with Crippen molar-refractivity contribution in [3.8, 4) is 5.75 Å². The highest BCUT2D eigenvalue weighted by atomic mass is 35.5. The van der Waals surface area contributed by atoms with Gasteiger partial charge in [-0.2, -0.15) is 0 Å². The predicted molar refractivity (Wildman–Crippen MR) is 84.9 cm³/mol. The molecule has 0 atom stereocenters. The Morgan fingerprint density at radius 2 is 2.00 bits per heavy atom. The zero-order valence-electron chi connectivity index (χ0n) is 11.1. The van der Waals surface area contributed by atoms with Gasteiger partial charge < -0.3 is 15.8 Å². The smallest absolute Gasteiger partial charge is 0.262 e. The Hall–Kier alpha value is -1.75. The summed E-state index contributed by atoms with van der Waals surface area (Å²) in [6.07, 6.45) is 0. The predicted octanol–water partition coefficient (Wildman–Crippen LogP) is 3.47. The second-order valence-corrected chi connectivity index (χ2v) is 5.16. The molecular formula is C15H14Cl2N2O2. The van der Waals surface area contributed by atoms with Crippen LogP contribution in [0.4, 0.5) is 5.69 Å². The molecule has 0 aliphatic carbocycles. The van der Waals surface area contributed by atoms with E-state index in [1.54, 1.807) is 30.3 Å². The van der Waals surface area contributed by atoms with Gasteiger partial charge >= 0.3 is 0 Å². The number of benzene rings is 2. The lowest BCUT2D eigenvalue weighted by molar-refractivity contribution is -0.118. The fraction of sp³-hybridized carbons (Fsp3) is 0.133. The number of nitrogens with two attached hydrogens (primary N) is 1. The molecule has 2 aromatic carbocycles. The van der Waals surface area contributed by atoms with Crippen molar-refractivity contribution in [1.82, 2.24) is 0 Å². The Bertz CT molecular complexity index is 647. The maximum Gasteiger partial charge on any atom is 0.262 e. The van der Waals surface area contributed by atoms with Crippen molar-refractivity contribution >= 4 is 34.8 Å². The first-order chi connectivity index (χ1) is 10.1. The van der Waals surface area contributed by atoms with E-state index in [0.717, 1.165) is 5.56 Å². The summed E-state index contributed by atoms with van der Waals surface area (Å²) in [7, 11) is 0. The van der Waals surface area contributed by atoms with Crippen molar-refractivity contribution in [2.75, 3.05) is 11.9 Å². The summed E-state index contributed by atoms with van der Waals surface area (Å²) in [5, 5.41) is 3.55. The maximum absolute atomic E-state index is 11.8. The van der Waals surface area contributed by atoms with E-state index in [2.05, 4.69) is 5.32 Å². The second-order valence-electron chi connectivity index (χ2n) is 4.31. The molecule has 6 heteroatoms. The molecule has 3 N–H and O–H groups in total. The molecule has 110 valence electrons. The van der Waals surface area contributed by atoms with Crippen LogP contribution in [0.15, 0.2) is 42.5 Å². The van der Waals surface area contributed by atoms with Crippen LogP contribution in [0.25, 0.3) is 0 Å². The summed E-state index contributed by atoms with van der Waals surface area (Å²) >= 11 is 11.8. The fourth-order valence-electron chi connectivity index (χ4n) is 1.69. The number of amides is 1. The summed E-state index contributed by atoms with van der Waals surface area (Å²) in [6, 6.07) is 12.1. The van der Waals surface area contributed by atoms with Gasteiger partial charge in [-0.3, -0.25) is 4.79 Å². The number of anilines is 1. The molecule has 0 bridgehead atoms. The topological polar surface area (TPSA) is 64.3 Å². The molecule has 0 saturated heterocycles.